The summed E-state index contributed by atoms with van der Waals surface area (Å²) in [6, 6.07) is 3.55. The molecule has 26 heavy (non-hydrogen) atoms. The van der Waals surface area contributed by atoms with Crippen molar-refractivity contribution in [3.05, 3.63) is 28.8 Å². The Morgan fingerprint density at radius 3 is 2.27 bits per heavy atom. The Labute approximate surface area is 158 Å². The van der Waals surface area contributed by atoms with Crippen LogP contribution in [-0.2, 0) is 11.3 Å². The second-order valence-corrected chi connectivity index (χ2v) is 6.86. The van der Waals surface area contributed by atoms with E-state index < -0.39 is 12.8 Å². The van der Waals surface area contributed by atoms with E-state index in [1.807, 2.05) is 6.92 Å². The van der Waals surface area contributed by atoms with E-state index in [1.165, 1.54) is 0 Å². The molecule has 0 spiro atoms. The van der Waals surface area contributed by atoms with Crippen molar-refractivity contribution >= 4 is 18.3 Å². The van der Waals surface area contributed by atoms with E-state index in [0.717, 1.165) is 18.7 Å². The Kier molecular flexibility index (Phi) is 7.77. The van der Waals surface area contributed by atoms with Gasteiger partial charge in [-0.1, -0.05) is 19.1 Å². The molecule has 0 saturated carbocycles. The summed E-state index contributed by atoms with van der Waals surface area (Å²) < 4.78 is 42.0. The van der Waals surface area contributed by atoms with Gasteiger partial charge in [0, 0.05) is 19.5 Å². The van der Waals surface area contributed by atoms with E-state index in [4.69, 9.17) is 4.74 Å². The Bertz CT molecular complexity index is 610. The Morgan fingerprint density at radius 1 is 1.31 bits per heavy atom. The van der Waals surface area contributed by atoms with Crippen molar-refractivity contribution in [3.8, 4) is 5.75 Å². The summed E-state index contributed by atoms with van der Waals surface area (Å²) in [6.07, 6.45) is -4.36. The Balaban J connectivity index is 0.00000338. The number of nitrogens with zero attached hydrogens (tertiary/aromatic N) is 1. The lowest BCUT2D eigenvalue weighted by atomic mass is 9.88. The van der Waals surface area contributed by atoms with Gasteiger partial charge in [0.25, 0.3) is 0 Å². The van der Waals surface area contributed by atoms with Crippen LogP contribution in [0.2, 0.25) is 0 Å². The zero-order chi connectivity index (χ0) is 18.8. The molecule has 2 rings (SSSR count). The Hall–Kier alpha value is -1.47. The fourth-order valence-electron chi connectivity index (χ4n) is 3.08. The molecule has 1 fully saturated rings. The quantitative estimate of drug-likeness (QED) is 0.803. The second-order valence-electron chi connectivity index (χ2n) is 6.86. The molecular formula is C18H26ClF3N2O2. The molecule has 148 valence electrons. The predicted octanol–water partition coefficient (Wildman–Crippen LogP) is 3.48. The van der Waals surface area contributed by atoms with Crippen LogP contribution in [0.1, 0.15) is 23.6 Å². The number of amides is 1. The molecule has 1 aromatic carbocycles. The van der Waals surface area contributed by atoms with Gasteiger partial charge in [-0.25, -0.2) is 0 Å². The fraction of sp³-hybridized carbons (Fsp3) is 0.611. The summed E-state index contributed by atoms with van der Waals surface area (Å²) in [5.41, 5.74) is 2.15. The number of aryl methyl sites for hydroxylation is 2. The van der Waals surface area contributed by atoms with Gasteiger partial charge in [0.15, 0.2) is 6.61 Å². The fourth-order valence-corrected chi connectivity index (χ4v) is 3.08. The molecule has 0 bridgehead atoms. The summed E-state index contributed by atoms with van der Waals surface area (Å²) in [4.78, 5) is 14.2. The van der Waals surface area contributed by atoms with Gasteiger partial charge in [0.2, 0.25) is 5.91 Å². The number of hydrogen-bond acceptors (Lipinski definition) is 3. The van der Waals surface area contributed by atoms with Crippen LogP contribution in [0.5, 0.6) is 5.75 Å². The summed E-state index contributed by atoms with van der Waals surface area (Å²) in [7, 11) is 1.75. The molecule has 1 aromatic rings. The maximum absolute atomic E-state index is 12.5. The van der Waals surface area contributed by atoms with Crippen molar-refractivity contribution in [2.45, 2.75) is 33.5 Å². The highest BCUT2D eigenvalue weighted by Crippen LogP contribution is 2.28. The lowest BCUT2D eigenvalue weighted by Gasteiger charge is -2.34. The highest BCUT2D eigenvalue weighted by molar-refractivity contribution is 5.85. The van der Waals surface area contributed by atoms with E-state index in [0.29, 0.717) is 23.6 Å². The normalized spacial score (nSPS) is 15.7. The van der Waals surface area contributed by atoms with Gasteiger partial charge in [-0.15, -0.1) is 12.4 Å². The van der Waals surface area contributed by atoms with Crippen LogP contribution < -0.4 is 10.1 Å². The van der Waals surface area contributed by atoms with Crippen molar-refractivity contribution in [1.82, 2.24) is 10.2 Å². The number of carbonyl (C=O) groups excluding carboxylic acids is 1. The van der Waals surface area contributed by atoms with E-state index >= 15 is 0 Å². The van der Waals surface area contributed by atoms with Crippen LogP contribution in [0.15, 0.2) is 12.1 Å². The van der Waals surface area contributed by atoms with E-state index in [1.54, 1.807) is 37.9 Å². The monoisotopic (exact) mass is 394 g/mol. The van der Waals surface area contributed by atoms with E-state index in [9.17, 15) is 18.0 Å². The average Bonchev–Trinajstić information content (AvgIpc) is 2.42. The molecule has 1 amide bonds. The lowest BCUT2D eigenvalue weighted by Crippen LogP contribution is -2.49. The van der Waals surface area contributed by atoms with Crippen molar-refractivity contribution in [3.63, 3.8) is 0 Å². The summed E-state index contributed by atoms with van der Waals surface area (Å²) in [5.74, 6) is 0.669. The van der Waals surface area contributed by atoms with Crippen LogP contribution in [0.4, 0.5) is 13.2 Å². The third-order valence-electron chi connectivity index (χ3n) is 4.61. The van der Waals surface area contributed by atoms with E-state index in [2.05, 4.69) is 5.32 Å². The number of alkyl halides is 3. The predicted molar refractivity (Wildman–Crippen MR) is 96.7 cm³/mol. The van der Waals surface area contributed by atoms with Crippen LogP contribution in [0.3, 0.4) is 0 Å². The van der Waals surface area contributed by atoms with Gasteiger partial charge in [-0.05, 0) is 49.5 Å². The largest absolute Gasteiger partial charge is 0.484 e. The number of ether oxygens (including phenoxy) is 1. The smallest absolute Gasteiger partial charge is 0.422 e. The molecule has 0 aromatic heterocycles. The molecule has 1 aliphatic rings. The van der Waals surface area contributed by atoms with Crippen LogP contribution in [0, 0.1) is 25.7 Å². The second kappa shape index (κ2) is 8.95. The number of nitrogens with one attached hydrogen (secondary N) is 1. The molecular weight excluding hydrogens is 369 g/mol. The van der Waals surface area contributed by atoms with Crippen LogP contribution >= 0.6 is 12.4 Å². The average molecular weight is 395 g/mol. The molecule has 8 heteroatoms. The topological polar surface area (TPSA) is 41.6 Å². The third-order valence-corrected chi connectivity index (χ3v) is 4.61. The summed E-state index contributed by atoms with van der Waals surface area (Å²) >= 11 is 0. The van der Waals surface area contributed by atoms with Crippen molar-refractivity contribution in [2.75, 3.05) is 26.7 Å². The lowest BCUT2D eigenvalue weighted by molar-refractivity contribution is -0.153. The van der Waals surface area contributed by atoms with Gasteiger partial charge in [0.1, 0.15) is 5.75 Å². The standard InChI is InChI=1S/C18H25F3N2O2.ClH/c1-11-5-14(6-12(2)16(11)25-10-18(19,20)21)9-23(4)17(24)13(3)15-7-22-8-15;/h5-6,13,15,22H,7-10H2,1-4H3;1H. The SMILES string of the molecule is Cc1cc(CN(C)C(=O)C(C)C2CNC2)cc(C)c1OCC(F)(F)F.Cl. The van der Waals surface area contributed by atoms with Crippen LogP contribution in [0.25, 0.3) is 0 Å². The first kappa shape index (κ1) is 22.6. The Morgan fingerprint density at radius 2 is 1.85 bits per heavy atom. The van der Waals surface area contributed by atoms with Crippen molar-refractivity contribution in [1.29, 1.82) is 0 Å². The molecule has 1 unspecified atom stereocenters. The maximum Gasteiger partial charge on any atom is 0.422 e. The molecule has 0 aliphatic carbocycles. The molecule has 1 heterocycles. The van der Waals surface area contributed by atoms with Gasteiger partial charge in [-0.3, -0.25) is 4.79 Å². The minimum Gasteiger partial charge on any atom is -0.484 e. The number of hydrogen-bond donors (Lipinski definition) is 1. The number of carbonyl (C=O) groups is 1. The molecule has 1 atom stereocenters. The molecule has 4 nitrogen and oxygen atoms in total. The first-order valence-corrected chi connectivity index (χ1v) is 8.34. The number of halogens is 4. The zero-order valence-electron chi connectivity index (χ0n) is 15.4. The van der Waals surface area contributed by atoms with Crippen molar-refractivity contribution < 1.29 is 22.7 Å². The number of benzene rings is 1. The van der Waals surface area contributed by atoms with Crippen molar-refractivity contribution in [2.24, 2.45) is 11.8 Å². The zero-order valence-corrected chi connectivity index (χ0v) is 16.3. The highest BCUT2D eigenvalue weighted by atomic mass is 35.5. The maximum atomic E-state index is 12.5. The molecule has 0 radical (unpaired) electrons. The minimum atomic E-state index is -4.36. The number of rotatable bonds is 6. The molecule has 1 saturated heterocycles. The third kappa shape index (κ3) is 5.77. The van der Waals surface area contributed by atoms with Gasteiger partial charge in [-0.2, -0.15) is 13.2 Å². The van der Waals surface area contributed by atoms with Gasteiger partial charge in [0.05, 0.1) is 0 Å². The summed E-state index contributed by atoms with van der Waals surface area (Å²) in [6.45, 7) is 6.21. The van der Waals surface area contributed by atoms with Gasteiger partial charge >= 0.3 is 6.18 Å². The first-order chi connectivity index (χ1) is 11.6. The first-order valence-electron chi connectivity index (χ1n) is 8.34. The molecule has 1 N–H and O–H groups in total. The highest BCUT2D eigenvalue weighted by Gasteiger charge is 2.31. The minimum absolute atomic E-state index is 0. The van der Waals surface area contributed by atoms with Gasteiger partial charge < -0.3 is 15.0 Å². The summed E-state index contributed by atoms with van der Waals surface area (Å²) in [5, 5.41) is 3.16. The molecule has 1 aliphatic heterocycles. The van der Waals surface area contributed by atoms with E-state index in [-0.39, 0.29) is 30.0 Å². The van der Waals surface area contributed by atoms with Crippen LogP contribution in [-0.4, -0.2) is 43.7 Å².